The van der Waals surface area contributed by atoms with Gasteiger partial charge in [0.05, 0.1) is 0 Å². The second-order valence-corrected chi connectivity index (χ2v) is 8.10. The lowest BCUT2D eigenvalue weighted by molar-refractivity contribution is 0.329. The first kappa shape index (κ1) is 17.6. The van der Waals surface area contributed by atoms with Crippen molar-refractivity contribution in [2.24, 2.45) is 5.92 Å². The first-order valence-electron chi connectivity index (χ1n) is 6.49. The fraction of sp³-hybridized carbons (Fsp3) is 0.615. The van der Waals surface area contributed by atoms with Gasteiger partial charge in [0.25, 0.3) is 10.0 Å². The second-order valence-electron chi connectivity index (χ2n) is 5.52. The second kappa shape index (κ2) is 7.49. The van der Waals surface area contributed by atoms with Crippen LogP contribution in [0.1, 0.15) is 20.3 Å². The van der Waals surface area contributed by atoms with Crippen molar-refractivity contribution in [3.8, 4) is 0 Å². The fourth-order valence-electron chi connectivity index (χ4n) is 1.97. The van der Waals surface area contributed by atoms with Gasteiger partial charge in [0.15, 0.2) is 5.03 Å². The van der Waals surface area contributed by atoms with E-state index in [1.54, 1.807) is 6.07 Å². The highest BCUT2D eigenvalue weighted by atomic mass is 79.9. The highest BCUT2D eigenvalue weighted by Gasteiger charge is 2.22. The van der Waals surface area contributed by atoms with Gasteiger partial charge in [-0.05, 0) is 54.5 Å². The number of nitrogens with one attached hydrogen (secondary N) is 1. The molecule has 0 saturated heterocycles. The zero-order valence-corrected chi connectivity index (χ0v) is 14.7. The summed E-state index contributed by atoms with van der Waals surface area (Å²) in [6.45, 7) is 4.82. The number of likely N-dealkylation sites (N-methyl/N-ethyl adjacent to an activating group) is 1. The molecule has 0 aliphatic rings. The van der Waals surface area contributed by atoms with Gasteiger partial charge in [0.2, 0.25) is 0 Å². The molecule has 5 nitrogen and oxygen atoms in total. The summed E-state index contributed by atoms with van der Waals surface area (Å²) in [5.74, 6) is 0.417. The van der Waals surface area contributed by atoms with Crippen molar-refractivity contribution in [3.05, 3.63) is 22.8 Å². The SMILES string of the molecule is CC(C)CC(CN(C)C)NS(=O)(=O)c1ccc(Br)cn1. The molecule has 0 fully saturated rings. The number of hydrogen-bond acceptors (Lipinski definition) is 4. The van der Waals surface area contributed by atoms with Gasteiger partial charge < -0.3 is 4.90 Å². The molecule has 1 aromatic heterocycles. The molecule has 0 bridgehead atoms. The molecule has 1 aromatic rings. The summed E-state index contributed by atoms with van der Waals surface area (Å²) in [7, 11) is 0.284. The number of aromatic nitrogens is 1. The molecule has 1 N–H and O–H groups in total. The van der Waals surface area contributed by atoms with Crippen LogP contribution in [0.25, 0.3) is 0 Å². The molecule has 1 heterocycles. The number of halogens is 1. The Labute approximate surface area is 130 Å². The standard InChI is InChI=1S/C13H22BrN3O2S/c1-10(2)7-12(9-17(3)4)16-20(18,19)13-6-5-11(14)8-15-13/h5-6,8,10,12,16H,7,9H2,1-4H3. The fourth-order valence-corrected chi connectivity index (χ4v) is 3.37. The molecule has 0 amide bonds. The largest absolute Gasteiger partial charge is 0.308 e. The molecule has 1 atom stereocenters. The molecule has 0 aromatic carbocycles. The van der Waals surface area contributed by atoms with E-state index in [2.05, 4.69) is 39.5 Å². The van der Waals surface area contributed by atoms with Crippen LogP contribution in [-0.4, -0.2) is 45.0 Å². The van der Waals surface area contributed by atoms with E-state index in [1.807, 2.05) is 19.0 Å². The molecule has 0 aliphatic carbocycles. The third kappa shape index (κ3) is 5.87. The van der Waals surface area contributed by atoms with Crippen LogP contribution in [0.15, 0.2) is 27.8 Å². The summed E-state index contributed by atoms with van der Waals surface area (Å²) < 4.78 is 28.1. The average molecular weight is 364 g/mol. The van der Waals surface area contributed by atoms with Crippen LogP contribution in [0.4, 0.5) is 0 Å². The number of pyridine rings is 1. The Balaban J connectivity index is 2.87. The molecule has 0 saturated carbocycles. The molecular formula is C13H22BrN3O2S. The molecule has 0 radical (unpaired) electrons. The van der Waals surface area contributed by atoms with Crippen LogP contribution in [0.2, 0.25) is 0 Å². The minimum Gasteiger partial charge on any atom is -0.308 e. The van der Waals surface area contributed by atoms with Crippen molar-refractivity contribution in [3.63, 3.8) is 0 Å². The van der Waals surface area contributed by atoms with Gasteiger partial charge in [-0.15, -0.1) is 0 Å². The monoisotopic (exact) mass is 363 g/mol. The van der Waals surface area contributed by atoms with Gasteiger partial charge in [0.1, 0.15) is 0 Å². The van der Waals surface area contributed by atoms with E-state index in [9.17, 15) is 8.42 Å². The molecule has 0 spiro atoms. The third-order valence-corrected chi connectivity index (χ3v) is 4.54. The normalized spacial score (nSPS) is 13.9. The summed E-state index contributed by atoms with van der Waals surface area (Å²) in [6.07, 6.45) is 2.27. The van der Waals surface area contributed by atoms with Crippen LogP contribution in [-0.2, 0) is 10.0 Å². The molecule has 0 aliphatic heterocycles. The number of sulfonamides is 1. The van der Waals surface area contributed by atoms with Crippen LogP contribution in [0, 0.1) is 5.92 Å². The van der Waals surface area contributed by atoms with Crippen molar-refractivity contribution in [2.75, 3.05) is 20.6 Å². The first-order valence-corrected chi connectivity index (χ1v) is 8.77. The van der Waals surface area contributed by atoms with Crippen LogP contribution in [0.3, 0.4) is 0 Å². The summed E-state index contributed by atoms with van der Waals surface area (Å²) in [5.41, 5.74) is 0. The van der Waals surface area contributed by atoms with Gasteiger partial charge in [-0.2, -0.15) is 0 Å². The van der Waals surface area contributed by atoms with Gasteiger partial charge in [-0.1, -0.05) is 13.8 Å². The minimum atomic E-state index is -3.58. The molecule has 20 heavy (non-hydrogen) atoms. The quantitative estimate of drug-likeness (QED) is 0.805. The third-order valence-electron chi connectivity index (χ3n) is 2.64. The highest BCUT2D eigenvalue weighted by molar-refractivity contribution is 9.10. The van der Waals surface area contributed by atoms with Crippen LogP contribution in [0.5, 0.6) is 0 Å². The van der Waals surface area contributed by atoms with Gasteiger partial charge in [-0.25, -0.2) is 18.1 Å². The predicted molar refractivity (Wildman–Crippen MR) is 84.1 cm³/mol. The van der Waals surface area contributed by atoms with Crippen LogP contribution >= 0.6 is 15.9 Å². The number of nitrogens with zero attached hydrogens (tertiary/aromatic N) is 2. The Bertz CT molecular complexity index is 505. The van der Waals surface area contributed by atoms with E-state index in [4.69, 9.17) is 0 Å². The summed E-state index contributed by atoms with van der Waals surface area (Å²) in [6, 6.07) is 3.04. The summed E-state index contributed by atoms with van der Waals surface area (Å²) in [4.78, 5) is 5.93. The van der Waals surface area contributed by atoms with Crippen molar-refractivity contribution < 1.29 is 8.42 Å². The Morgan fingerprint density at radius 3 is 2.45 bits per heavy atom. The maximum absolute atomic E-state index is 12.3. The maximum Gasteiger partial charge on any atom is 0.258 e. The Hall–Kier alpha value is -0.500. The Morgan fingerprint density at radius 1 is 1.35 bits per heavy atom. The first-order chi connectivity index (χ1) is 9.20. The maximum atomic E-state index is 12.3. The van der Waals surface area contributed by atoms with Gasteiger partial charge in [-0.3, -0.25) is 0 Å². The molecule has 7 heteroatoms. The van der Waals surface area contributed by atoms with E-state index in [-0.39, 0.29) is 11.1 Å². The van der Waals surface area contributed by atoms with Crippen LogP contribution < -0.4 is 4.72 Å². The molecular weight excluding hydrogens is 342 g/mol. The summed E-state index contributed by atoms with van der Waals surface area (Å²) in [5, 5.41) is 0.0493. The lowest BCUT2D eigenvalue weighted by atomic mass is 10.0. The minimum absolute atomic E-state index is 0.0493. The summed E-state index contributed by atoms with van der Waals surface area (Å²) >= 11 is 3.24. The zero-order valence-electron chi connectivity index (χ0n) is 12.3. The smallest absolute Gasteiger partial charge is 0.258 e. The van der Waals surface area contributed by atoms with E-state index in [0.29, 0.717) is 12.5 Å². The van der Waals surface area contributed by atoms with E-state index >= 15 is 0 Å². The van der Waals surface area contributed by atoms with Gasteiger partial charge >= 0.3 is 0 Å². The van der Waals surface area contributed by atoms with Gasteiger partial charge in [0, 0.05) is 23.3 Å². The highest BCUT2D eigenvalue weighted by Crippen LogP contribution is 2.13. The lowest BCUT2D eigenvalue weighted by Crippen LogP contribution is -2.42. The van der Waals surface area contributed by atoms with E-state index in [0.717, 1.165) is 10.9 Å². The topological polar surface area (TPSA) is 62.3 Å². The average Bonchev–Trinajstić information content (AvgIpc) is 2.26. The van der Waals surface area contributed by atoms with Crippen molar-refractivity contribution in [1.29, 1.82) is 0 Å². The van der Waals surface area contributed by atoms with Crippen molar-refractivity contribution >= 4 is 26.0 Å². The van der Waals surface area contributed by atoms with Crippen molar-refractivity contribution in [1.82, 2.24) is 14.6 Å². The lowest BCUT2D eigenvalue weighted by Gasteiger charge is -2.23. The van der Waals surface area contributed by atoms with E-state index < -0.39 is 10.0 Å². The van der Waals surface area contributed by atoms with Crippen molar-refractivity contribution in [2.45, 2.75) is 31.3 Å². The van der Waals surface area contributed by atoms with E-state index in [1.165, 1.54) is 12.3 Å². The number of rotatable bonds is 7. The molecule has 1 unspecified atom stereocenters. The predicted octanol–water partition coefficient (Wildman–Crippen LogP) is 2.10. The molecule has 114 valence electrons. The molecule has 1 rings (SSSR count). The number of hydrogen-bond donors (Lipinski definition) is 1. The Kier molecular flexibility index (Phi) is 6.57. The zero-order chi connectivity index (χ0) is 15.3. The Morgan fingerprint density at radius 2 is 2.00 bits per heavy atom.